The molecule has 2 aromatic carbocycles. The van der Waals surface area contributed by atoms with Gasteiger partial charge >= 0.3 is 5.97 Å². The number of hydrogen-bond donors (Lipinski definition) is 1. The number of carbonyl (C=O) groups is 3. The number of esters is 1. The fraction of sp³-hybridized carbons (Fsp3) is 0.200. The number of ether oxygens (including phenoxy) is 4. The standard InChI is InChI=1S/C30H26N4O7S2/c1-5-41-29(37)26(36)22-15-43-30(33-22)34-25(35)16-42-28-20(14-31)19(13-21(32-28)17-9-7-6-8-10-17)18-11-23(38-2)27(40-4)24(12-18)39-3/h6-13,15H,5,16H2,1-4H3,(H,33,34,35). The van der Waals surface area contributed by atoms with Gasteiger partial charge in [0, 0.05) is 16.5 Å². The molecule has 0 aliphatic heterocycles. The number of thioether (sulfide) groups is 1. The molecule has 0 saturated carbocycles. The van der Waals surface area contributed by atoms with Gasteiger partial charge in [0.15, 0.2) is 16.6 Å². The summed E-state index contributed by atoms with van der Waals surface area (Å²) in [7, 11) is 4.52. The minimum absolute atomic E-state index is 0.0565. The number of carbonyl (C=O) groups excluding carboxylic acids is 3. The first-order valence-electron chi connectivity index (χ1n) is 12.7. The van der Waals surface area contributed by atoms with Crippen molar-refractivity contribution in [2.75, 3.05) is 39.0 Å². The number of rotatable bonds is 12. The Morgan fingerprint density at radius 2 is 1.67 bits per heavy atom. The minimum Gasteiger partial charge on any atom is -0.493 e. The Labute approximate surface area is 255 Å². The van der Waals surface area contributed by atoms with Crippen molar-refractivity contribution in [1.82, 2.24) is 9.97 Å². The second-order valence-corrected chi connectivity index (χ2v) is 10.4. The normalized spacial score (nSPS) is 10.4. The van der Waals surface area contributed by atoms with Crippen molar-refractivity contribution in [2.45, 2.75) is 11.9 Å². The molecule has 43 heavy (non-hydrogen) atoms. The predicted octanol–water partition coefficient (Wildman–Crippen LogP) is 5.25. The van der Waals surface area contributed by atoms with Crippen LogP contribution in [0.15, 0.2) is 58.9 Å². The van der Waals surface area contributed by atoms with Crippen LogP contribution in [0.1, 0.15) is 23.0 Å². The predicted molar refractivity (Wildman–Crippen MR) is 162 cm³/mol. The number of Topliss-reactive ketones (excluding diaryl/α,β-unsaturated/α-hetero) is 1. The quantitative estimate of drug-likeness (QED) is 0.0960. The number of methoxy groups -OCH3 is 3. The van der Waals surface area contributed by atoms with Crippen LogP contribution in [0, 0.1) is 11.3 Å². The SMILES string of the molecule is CCOC(=O)C(=O)c1csc(NC(=O)CSc2nc(-c3ccccc3)cc(-c3cc(OC)c(OC)c(OC)c3)c2C#N)n1. The molecule has 1 amide bonds. The van der Waals surface area contributed by atoms with E-state index in [1.54, 1.807) is 25.1 Å². The lowest BCUT2D eigenvalue weighted by Gasteiger charge is -2.16. The first-order valence-corrected chi connectivity index (χ1v) is 14.6. The van der Waals surface area contributed by atoms with Crippen LogP contribution in [0.5, 0.6) is 17.2 Å². The van der Waals surface area contributed by atoms with Gasteiger partial charge in [0.2, 0.25) is 11.7 Å². The van der Waals surface area contributed by atoms with Gasteiger partial charge in [0.25, 0.3) is 5.78 Å². The van der Waals surface area contributed by atoms with Crippen LogP contribution in [0.2, 0.25) is 0 Å². The molecule has 11 nitrogen and oxygen atoms in total. The highest BCUT2D eigenvalue weighted by molar-refractivity contribution is 8.00. The Morgan fingerprint density at radius 3 is 2.28 bits per heavy atom. The zero-order valence-corrected chi connectivity index (χ0v) is 25.3. The average molecular weight is 619 g/mol. The molecule has 4 rings (SSSR count). The number of nitrogens with zero attached hydrogens (tertiary/aromatic N) is 3. The summed E-state index contributed by atoms with van der Waals surface area (Å²) in [6.07, 6.45) is 0. The van der Waals surface area contributed by atoms with Crippen molar-refractivity contribution >= 4 is 45.9 Å². The van der Waals surface area contributed by atoms with E-state index in [9.17, 15) is 19.6 Å². The highest BCUT2D eigenvalue weighted by atomic mass is 32.2. The maximum absolute atomic E-state index is 12.8. The van der Waals surface area contributed by atoms with Gasteiger partial charge in [-0.15, -0.1) is 11.3 Å². The van der Waals surface area contributed by atoms with Gasteiger partial charge in [0.05, 0.1) is 44.9 Å². The van der Waals surface area contributed by atoms with Crippen LogP contribution in [-0.2, 0) is 14.3 Å². The number of anilines is 1. The topological polar surface area (TPSA) is 150 Å². The van der Waals surface area contributed by atoms with E-state index in [-0.39, 0.29) is 28.7 Å². The molecule has 0 spiro atoms. The first-order chi connectivity index (χ1) is 20.8. The molecule has 0 atom stereocenters. The number of nitriles is 1. The highest BCUT2D eigenvalue weighted by Crippen LogP contribution is 2.43. The monoisotopic (exact) mass is 618 g/mol. The number of thiazole rings is 1. The van der Waals surface area contributed by atoms with Crippen molar-refractivity contribution in [1.29, 1.82) is 5.26 Å². The first kappa shape index (κ1) is 31.0. The largest absolute Gasteiger partial charge is 0.493 e. The van der Waals surface area contributed by atoms with Crippen molar-refractivity contribution in [3.05, 3.63) is 65.2 Å². The number of pyridine rings is 1. The molecular weight excluding hydrogens is 592 g/mol. The fourth-order valence-electron chi connectivity index (χ4n) is 3.98. The third-order valence-electron chi connectivity index (χ3n) is 5.93. The van der Waals surface area contributed by atoms with Gasteiger partial charge in [-0.3, -0.25) is 9.59 Å². The van der Waals surface area contributed by atoms with Gasteiger partial charge in [-0.25, -0.2) is 14.8 Å². The molecule has 0 aliphatic rings. The zero-order valence-electron chi connectivity index (χ0n) is 23.6. The van der Waals surface area contributed by atoms with Crippen molar-refractivity contribution in [3.8, 4) is 45.7 Å². The maximum atomic E-state index is 12.8. The van der Waals surface area contributed by atoms with E-state index in [4.69, 9.17) is 23.9 Å². The van der Waals surface area contributed by atoms with E-state index in [0.29, 0.717) is 39.1 Å². The number of hydrogen-bond acceptors (Lipinski definition) is 12. The third-order valence-corrected chi connectivity index (χ3v) is 7.66. The van der Waals surface area contributed by atoms with Crippen LogP contribution in [0.3, 0.4) is 0 Å². The Morgan fingerprint density at radius 1 is 0.977 bits per heavy atom. The summed E-state index contributed by atoms with van der Waals surface area (Å²) in [6.45, 7) is 1.65. The number of amides is 1. The van der Waals surface area contributed by atoms with E-state index in [1.807, 2.05) is 30.3 Å². The summed E-state index contributed by atoms with van der Waals surface area (Å²) in [6, 6.07) is 17.0. The second kappa shape index (κ2) is 14.3. The van der Waals surface area contributed by atoms with Gasteiger partial charge in [-0.05, 0) is 30.7 Å². The smallest absolute Gasteiger partial charge is 0.381 e. The Balaban J connectivity index is 1.67. The number of benzene rings is 2. The fourth-order valence-corrected chi connectivity index (χ4v) is 5.49. The Hall–Kier alpha value is -4.93. The van der Waals surface area contributed by atoms with Crippen LogP contribution in [0.25, 0.3) is 22.4 Å². The molecule has 0 unspecified atom stereocenters. The van der Waals surface area contributed by atoms with Crippen molar-refractivity contribution in [2.24, 2.45) is 0 Å². The summed E-state index contributed by atoms with van der Waals surface area (Å²) in [5.41, 5.74) is 2.72. The van der Waals surface area contributed by atoms with Gasteiger partial charge in [0.1, 0.15) is 16.8 Å². The molecular formula is C30H26N4O7S2. The summed E-state index contributed by atoms with van der Waals surface area (Å²) in [5.74, 6) is -1.24. The molecule has 2 aromatic heterocycles. The summed E-state index contributed by atoms with van der Waals surface area (Å²) >= 11 is 2.07. The van der Waals surface area contributed by atoms with Crippen molar-refractivity contribution in [3.63, 3.8) is 0 Å². The van der Waals surface area contributed by atoms with Crippen LogP contribution < -0.4 is 19.5 Å². The zero-order chi connectivity index (χ0) is 30.9. The number of aromatic nitrogens is 2. The van der Waals surface area contributed by atoms with E-state index in [1.165, 1.54) is 26.7 Å². The summed E-state index contributed by atoms with van der Waals surface area (Å²) < 4.78 is 21.2. The Bertz CT molecular complexity index is 1680. The van der Waals surface area contributed by atoms with E-state index in [2.05, 4.69) is 16.4 Å². The molecule has 0 saturated heterocycles. The van der Waals surface area contributed by atoms with Crippen LogP contribution in [0.4, 0.5) is 5.13 Å². The van der Waals surface area contributed by atoms with E-state index < -0.39 is 17.7 Å². The molecule has 4 aromatic rings. The third kappa shape index (κ3) is 7.11. The van der Waals surface area contributed by atoms with Gasteiger partial charge < -0.3 is 24.3 Å². The number of nitrogens with one attached hydrogen (secondary N) is 1. The number of ketones is 1. The van der Waals surface area contributed by atoms with Gasteiger partial charge in [-0.2, -0.15) is 5.26 Å². The molecule has 220 valence electrons. The summed E-state index contributed by atoms with van der Waals surface area (Å²) in [4.78, 5) is 45.4. The summed E-state index contributed by atoms with van der Waals surface area (Å²) in [5, 5.41) is 14.7. The molecule has 0 bridgehead atoms. The molecule has 0 aliphatic carbocycles. The van der Waals surface area contributed by atoms with E-state index in [0.717, 1.165) is 28.7 Å². The average Bonchev–Trinajstić information content (AvgIpc) is 3.50. The Kier molecular flexibility index (Phi) is 10.3. The van der Waals surface area contributed by atoms with Gasteiger partial charge in [-0.1, -0.05) is 42.1 Å². The lowest BCUT2D eigenvalue weighted by atomic mass is 9.98. The molecule has 0 radical (unpaired) electrons. The second-order valence-electron chi connectivity index (χ2n) is 8.55. The van der Waals surface area contributed by atoms with E-state index >= 15 is 0 Å². The molecule has 2 heterocycles. The van der Waals surface area contributed by atoms with Crippen LogP contribution >= 0.6 is 23.1 Å². The molecule has 0 fully saturated rings. The van der Waals surface area contributed by atoms with Crippen LogP contribution in [-0.4, -0.2) is 61.3 Å². The lowest BCUT2D eigenvalue weighted by molar-refractivity contribution is -0.137. The molecule has 13 heteroatoms. The van der Waals surface area contributed by atoms with Crippen molar-refractivity contribution < 1.29 is 33.3 Å². The highest BCUT2D eigenvalue weighted by Gasteiger charge is 2.23. The molecule has 1 N–H and O–H groups in total. The lowest BCUT2D eigenvalue weighted by Crippen LogP contribution is -2.18. The maximum Gasteiger partial charge on any atom is 0.381 e. The minimum atomic E-state index is -1.02.